The Balaban J connectivity index is 1.87. The van der Waals surface area contributed by atoms with Gasteiger partial charge in [0, 0.05) is 37.4 Å². The third-order valence-electron chi connectivity index (χ3n) is 8.20. The van der Waals surface area contributed by atoms with Crippen molar-refractivity contribution in [3.63, 3.8) is 0 Å². The molecule has 0 saturated carbocycles. The summed E-state index contributed by atoms with van der Waals surface area (Å²) in [5.41, 5.74) is 0.789. The van der Waals surface area contributed by atoms with Crippen molar-refractivity contribution in [3.05, 3.63) is 93.2 Å². The molecule has 1 aromatic carbocycles. The van der Waals surface area contributed by atoms with E-state index in [1.807, 2.05) is 33.8 Å². The van der Waals surface area contributed by atoms with Crippen LogP contribution in [0.4, 0.5) is 19.0 Å². The number of anilines is 1. The summed E-state index contributed by atoms with van der Waals surface area (Å²) in [4.78, 5) is 43.4. The molecular formula is C34H33B2F3N6O2. The molecule has 1 fully saturated rings. The van der Waals surface area contributed by atoms with Crippen LogP contribution in [-0.2, 0) is 4.79 Å². The van der Waals surface area contributed by atoms with Gasteiger partial charge in [0.2, 0.25) is 0 Å². The Morgan fingerprint density at radius 2 is 1.79 bits per heavy atom. The van der Waals surface area contributed by atoms with Gasteiger partial charge in [0.25, 0.3) is 5.91 Å². The second kappa shape index (κ2) is 13.2. The first-order chi connectivity index (χ1) is 22.2. The van der Waals surface area contributed by atoms with Gasteiger partial charge < -0.3 is 9.80 Å². The van der Waals surface area contributed by atoms with E-state index < -0.39 is 35.1 Å². The monoisotopic (exact) mass is 636 g/mol. The molecule has 4 aromatic rings. The molecule has 4 radical (unpaired) electrons. The van der Waals surface area contributed by atoms with Crippen molar-refractivity contribution in [3.8, 4) is 16.9 Å². The number of piperazine rings is 1. The average molecular weight is 636 g/mol. The predicted octanol–water partition coefficient (Wildman–Crippen LogP) is 5.52. The first-order valence-electron chi connectivity index (χ1n) is 15.3. The summed E-state index contributed by atoms with van der Waals surface area (Å²) in [6.45, 7) is 13.1. The summed E-state index contributed by atoms with van der Waals surface area (Å²) in [7, 11) is 11.4. The fourth-order valence-corrected chi connectivity index (χ4v) is 6.04. The number of rotatable bonds is 7. The van der Waals surface area contributed by atoms with Gasteiger partial charge in [0.1, 0.15) is 17.3 Å². The second-order valence-corrected chi connectivity index (χ2v) is 12.2. The molecular weight excluding hydrogens is 603 g/mol. The Morgan fingerprint density at radius 3 is 2.40 bits per heavy atom. The molecule has 0 unspecified atom stereocenters. The third kappa shape index (κ3) is 6.35. The second-order valence-electron chi connectivity index (χ2n) is 12.2. The maximum absolute atomic E-state index is 16.3. The third-order valence-corrected chi connectivity index (χ3v) is 8.20. The first-order valence-corrected chi connectivity index (χ1v) is 15.3. The van der Waals surface area contributed by atoms with Gasteiger partial charge in [0.15, 0.2) is 17.3 Å². The molecule has 4 heterocycles. The molecule has 8 nitrogen and oxygen atoms in total. The lowest BCUT2D eigenvalue weighted by Crippen LogP contribution is -2.54. The molecule has 1 saturated heterocycles. The summed E-state index contributed by atoms with van der Waals surface area (Å²) >= 11 is 0. The molecule has 1 amide bonds. The van der Waals surface area contributed by atoms with E-state index in [2.05, 4.69) is 21.5 Å². The topological polar surface area (TPSA) is 84.2 Å². The Hall–Kier alpha value is -4.67. The number of hydrogen-bond acceptors (Lipinski definition) is 6. The number of aromatic nitrogens is 4. The number of amides is 1. The molecule has 238 valence electrons. The normalized spacial score (nSPS) is 15.1. The fraction of sp³-hybridized carbons (Fsp3) is 0.324. The highest BCUT2D eigenvalue weighted by molar-refractivity contribution is 6.50. The number of benzene rings is 1. The van der Waals surface area contributed by atoms with Crippen LogP contribution in [0, 0.1) is 11.6 Å². The standard InChI is InChI=1S/C34H33B2F3N6O2/c1-17(2)22-10-11-40-28(18(3)4)30(22)45-32-23(15-25(39)29(41-32)27-21(14-26(35)36)8-7-9-24(27)38)31(42-34(45)47)44-13-12-43(16-19(44)5)33(46)20(6)37/h7-11,14-15,17-19H,6,12-13,16H2,1-5H3/t19-/m0/s1. The predicted molar refractivity (Wildman–Crippen MR) is 180 cm³/mol. The van der Waals surface area contributed by atoms with Gasteiger partial charge >= 0.3 is 5.69 Å². The highest BCUT2D eigenvalue weighted by Crippen LogP contribution is 2.36. The van der Waals surface area contributed by atoms with Crippen LogP contribution in [0.2, 0.25) is 0 Å². The summed E-state index contributed by atoms with van der Waals surface area (Å²) < 4.78 is 46.8. The Labute approximate surface area is 273 Å². The number of pyridine rings is 2. The maximum atomic E-state index is 16.3. The van der Waals surface area contributed by atoms with E-state index in [0.717, 1.165) is 5.56 Å². The van der Waals surface area contributed by atoms with Gasteiger partial charge in [-0.3, -0.25) is 9.78 Å². The van der Waals surface area contributed by atoms with E-state index >= 15 is 8.78 Å². The number of hydrogen-bond donors (Lipinski definition) is 0. The molecule has 3 aromatic heterocycles. The van der Waals surface area contributed by atoms with Crippen molar-refractivity contribution in [2.45, 2.75) is 52.5 Å². The van der Waals surface area contributed by atoms with E-state index in [4.69, 9.17) is 15.7 Å². The van der Waals surface area contributed by atoms with E-state index in [9.17, 15) is 14.0 Å². The van der Waals surface area contributed by atoms with Crippen molar-refractivity contribution in [2.75, 3.05) is 24.5 Å². The SMILES string of the molecule is [B]C([B])=Cc1cccc(F)c1-c1nc2c(cc1F)c(N1CCN(C(=O)C(=C)F)C[C@@H]1C)nc(=O)n2-c1c(C(C)C)ccnc1C(C)C. The molecule has 1 aliphatic rings. The van der Waals surface area contributed by atoms with E-state index in [0.29, 0.717) is 11.4 Å². The van der Waals surface area contributed by atoms with Crippen LogP contribution in [0.1, 0.15) is 63.3 Å². The molecule has 0 N–H and O–H groups in total. The molecule has 0 bridgehead atoms. The summed E-state index contributed by atoms with van der Waals surface area (Å²) in [6.07, 6.45) is 2.98. The van der Waals surface area contributed by atoms with Gasteiger partial charge in [-0.1, -0.05) is 52.5 Å². The Kier molecular flexibility index (Phi) is 9.47. The number of fused-ring (bicyclic) bond motifs is 1. The summed E-state index contributed by atoms with van der Waals surface area (Å²) in [5, 5.41) is 0.0512. The van der Waals surface area contributed by atoms with E-state index in [1.54, 1.807) is 18.0 Å². The largest absolute Gasteiger partial charge is 0.355 e. The van der Waals surface area contributed by atoms with Crippen molar-refractivity contribution < 1.29 is 18.0 Å². The van der Waals surface area contributed by atoms with Crippen LogP contribution >= 0.6 is 0 Å². The molecule has 0 spiro atoms. The molecule has 0 aliphatic carbocycles. The minimum absolute atomic E-state index is 0.0231. The quantitative estimate of drug-likeness (QED) is 0.196. The van der Waals surface area contributed by atoms with E-state index in [-0.39, 0.29) is 70.5 Å². The lowest BCUT2D eigenvalue weighted by atomic mass is 9.77. The zero-order valence-electron chi connectivity index (χ0n) is 26.9. The molecule has 47 heavy (non-hydrogen) atoms. The van der Waals surface area contributed by atoms with Crippen LogP contribution < -0.4 is 10.6 Å². The van der Waals surface area contributed by atoms with Crippen molar-refractivity contribution in [1.82, 2.24) is 24.4 Å². The fourth-order valence-electron chi connectivity index (χ4n) is 6.04. The van der Waals surface area contributed by atoms with Gasteiger partial charge in [-0.15, -0.1) is 0 Å². The van der Waals surface area contributed by atoms with Crippen LogP contribution in [0.25, 0.3) is 34.1 Å². The number of nitrogens with zero attached hydrogens (tertiary/aromatic N) is 6. The maximum Gasteiger partial charge on any atom is 0.355 e. The van der Waals surface area contributed by atoms with Crippen LogP contribution in [0.3, 0.4) is 0 Å². The van der Waals surface area contributed by atoms with Gasteiger partial charge in [-0.25, -0.2) is 27.5 Å². The van der Waals surface area contributed by atoms with Gasteiger partial charge in [0.05, 0.1) is 32.5 Å². The van der Waals surface area contributed by atoms with Crippen molar-refractivity contribution in [2.24, 2.45) is 0 Å². The van der Waals surface area contributed by atoms with Crippen LogP contribution in [-0.4, -0.2) is 71.7 Å². The minimum Gasteiger partial charge on any atom is -0.350 e. The Morgan fingerprint density at radius 1 is 1.06 bits per heavy atom. The molecule has 1 aliphatic heterocycles. The summed E-state index contributed by atoms with van der Waals surface area (Å²) in [6, 6.07) is 6.66. The highest BCUT2D eigenvalue weighted by atomic mass is 19.1. The number of carbonyl (C=O) groups is 1. The van der Waals surface area contributed by atoms with Gasteiger partial charge in [-0.05, 0) is 48.1 Å². The average Bonchev–Trinajstić information content (AvgIpc) is 3.00. The van der Waals surface area contributed by atoms with Crippen molar-refractivity contribution in [1.29, 1.82) is 0 Å². The zero-order chi connectivity index (χ0) is 34.3. The zero-order valence-corrected chi connectivity index (χ0v) is 26.9. The molecule has 1 atom stereocenters. The van der Waals surface area contributed by atoms with Crippen LogP contribution in [0.5, 0.6) is 0 Å². The van der Waals surface area contributed by atoms with Crippen LogP contribution in [0.15, 0.2) is 59.1 Å². The smallest absolute Gasteiger partial charge is 0.350 e. The first kappa shape index (κ1) is 33.7. The summed E-state index contributed by atoms with van der Waals surface area (Å²) in [5.74, 6) is -3.61. The highest BCUT2D eigenvalue weighted by Gasteiger charge is 2.32. The lowest BCUT2D eigenvalue weighted by molar-refractivity contribution is -0.129. The van der Waals surface area contributed by atoms with Crippen molar-refractivity contribution >= 4 is 44.5 Å². The number of carbonyl (C=O) groups excluding carboxylic acids is 1. The molecule has 13 heteroatoms. The minimum atomic E-state index is -1.08. The molecule has 5 rings (SSSR count). The van der Waals surface area contributed by atoms with E-state index in [1.165, 1.54) is 39.8 Å². The Bertz CT molecular complexity index is 1960. The lowest BCUT2D eigenvalue weighted by Gasteiger charge is -2.40. The van der Waals surface area contributed by atoms with Gasteiger partial charge in [-0.2, -0.15) is 10.4 Å². The number of halogens is 3.